The van der Waals surface area contributed by atoms with Crippen molar-refractivity contribution in [2.24, 2.45) is 0 Å². The number of fused-ring (bicyclic) bond motifs is 1. The van der Waals surface area contributed by atoms with Crippen molar-refractivity contribution in [3.8, 4) is 11.5 Å². The molecule has 0 aliphatic heterocycles. The van der Waals surface area contributed by atoms with E-state index in [1.54, 1.807) is 37.6 Å². The molecule has 0 bridgehead atoms. The van der Waals surface area contributed by atoms with Gasteiger partial charge in [0, 0.05) is 11.6 Å². The minimum atomic E-state index is -0.321. The van der Waals surface area contributed by atoms with Gasteiger partial charge in [-0.15, -0.1) is 0 Å². The lowest BCUT2D eigenvalue weighted by Crippen LogP contribution is -2.33. The highest BCUT2D eigenvalue weighted by atomic mass is 16.5. The highest BCUT2D eigenvalue weighted by Crippen LogP contribution is 2.27. The Morgan fingerprint density at radius 1 is 0.964 bits per heavy atom. The van der Waals surface area contributed by atoms with Crippen LogP contribution in [0.1, 0.15) is 5.56 Å². The Kier molecular flexibility index (Phi) is 6.06. The van der Waals surface area contributed by atoms with Crippen LogP contribution in [-0.4, -0.2) is 37.6 Å². The van der Waals surface area contributed by atoms with Crippen LogP contribution in [0.25, 0.3) is 10.9 Å². The van der Waals surface area contributed by atoms with Gasteiger partial charge in [-0.3, -0.25) is 14.6 Å². The van der Waals surface area contributed by atoms with Gasteiger partial charge in [0.15, 0.2) is 11.5 Å². The van der Waals surface area contributed by atoms with Crippen molar-refractivity contribution in [3.05, 3.63) is 60.3 Å². The summed E-state index contributed by atoms with van der Waals surface area (Å²) < 4.78 is 10.4. The number of carbonyl (C=O) groups is 2. The number of hydrogen-bond acceptors (Lipinski definition) is 5. The minimum Gasteiger partial charge on any atom is -0.493 e. The van der Waals surface area contributed by atoms with Gasteiger partial charge >= 0.3 is 0 Å². The number of para-hydroxylation sites is 1. The number of hydrogen-bond donors (Lipinski definition) is 2. The average molecular weight is 379 g/mol. The number of anilines is 1. The summed E-state index contributed by atoms with van der Waals surface area (Å²) >= 11 is 0. The molecule has 0 aliphatic rings. The molecule has 3 rings (SSSR count). The highest BCUT2D eigenvalue weighted by Gasteiger charge is 2.11. The molecule has 0 radical (unpaired) electrons. The fourth-order valence-corrected chi connectivity index (χ4v) is 2.82. The third-order valence-electron chi connectivity index (χ3n) is 4.17. The average Bonchev–Trinajstić information content (AvgIpc) is 2.72. The molecule has 7 heteroatoms. The Labute approximate surface area is 162 Å². The molecule has 1 aromatic heterocycles. The Hall–Kier alpha value is -3.61. The standard InChI is InChI=1S/C21H21N3O4/c1-27-17-9-8-14(11-18(17)28-2)12-19(25)23-13-20(26)24-16-7-3-5-15-6-4-10-22-21(15)16/h3-11H,12-13H2,1-2H3,(H,23,25)(H,24,26). The summed E-state index contributed by atoms with van der Waals surface area (Å²) in [5.41, 5.74) is 2.07. The first-order valence-corrected chi connectivity index (χ1v) is 8.72. The van der Waals surface area contributed by atoms with Gasteiger partial charge in [0.05, 0.1) is 38.4 Å². The number of aromatic nitrogens is 1. The van der Waals surface area contributed by atoms with Gasteiger partial charge in [0.25, 0.3) is 0 Å². The number of nitrogens with zero attached hydrogens (tertiary/aromatic N) is 1. The normalized spacial score (nSPS) is 10.4. The summed E-state index contributed by atoms with van der Waals surface area (Å²) in [6, 6.07) is 14.5. The quantitative estimate of drug-likeness (QED) is 0.659. The van der Waals surface area contributed by atoms with Crippen molar-refractivity contribution < 1.29 is 19.1 Å². The molecule has 144 valence electrons. The number of rotatable bonds is 7. The summed E-state index contributed by atoms with van der Waals surface area (Å²) in [6.45, 7) is -0.130. The molecule has 0 spiro atoms. The van der Waals surface area contributed by atoms with Crippen molar-refractivity contribution in [1.29, 1.82) is 0 Å². The molecular weight excluding hydrogens is 358 g/mol. The summed E-state index contributed by atoms with van der Waals surface area (Å²) in [7, 11) is 3.09. The number of ether oxygens (including phenoxy) is 2. The third kappa shape index (κ3) is 4.56. The molecule has 2 amide bonds. The maximum absolute atomic E-state index is 12.2. The van der Waals surface area contributed by atoms with Gasteiger partial charge < -0.3 is 20.1 Å². The van der Waals surface area contributed by atoms with E-state index in [0.717, 1.165) is 10.9 Å². The second-order valence-electron chi connectivity index (χ2n) is 6.07. The van der Waals surface area contributed by atoms with Crippen LogP contribution in [-0.2, 0) is 16.0 Å². The molecule has 3 aromatic rings. The van der Waals surface area contributed by atoms with E-state index in [1.165, 1.54) is 7.11 Å². The molecule has 0 saturated carbocycles. The highest BCUT2D eigenvalue weighted by molar-refractivity contribution is 6.01. The number of methoxy groups -OCH3 is 2. The van der Waals surface area contributed by atoms with Crippen LogP contribution < -0.4 is 20.1 Å². The number of benzene rings is 2. The molecule has 1 heterocycles. The topological polar surface area (TPSA) is 89.5 Å². The van der Waals surface area contributed by atoms with E-state index in [-0.39, 0.29) is 24.8 Å². The lowest BCUT2D eigenvalue weighted by molar-refractivity contribution is -0.123. The van der Waals surface area contributed by atoms with E-state index in [4.69, 9.17) is 9.47 Å². The predicted molar refractivity (Wildman–Crippen MR) is 107 cm³/mol. The molecule has 0 aliphatic carbocycles. The molecule has 0 saturated heterocycles. The Balaban J connectivity index is 1.56. The maximum Gasteiger partial charge on any atom is 0.243 e. The van der Waals surface area contributed by atoms with Crippen molar-refractivity contribution in [2.75, 3.05) is 26.1 Å². The van der Waals surface area contributed by atoms with Crippen LogP contribution in [0.3, 0.4) is 0 Å². The second-order valence-corrected chi connectivity index (χ2v) is 6.07. The number of pyridine rings is 1. The third-order valence-corrected chi connectivity index (χ3v) is 4.17. The monoisotopic (exact) mass is 379 g/mol. The van der Waals surface area contributed by atoms with Crippen LogP contribution in [0.2, 0.25) is 0 Å². The summed E-state index contributed by atoms with van der Waals surface area (Å²) in [4.78, 5) is 28.7. The molecular formula is C21H21N3O4. The fraction of sp³-hybridized carbons (Fsp3) is 0.190. The largest absolute Gasteiger partial charge is 0.493 e. The van der Waals surface area contributed by atoms with Crippen LogP contribution in [0, 0.1) is 0 Å². The lowest BCUT2D eigenvalue weighted by Gasteiger charge is -2.10. The molecule has 0 fully saturated rings. The Morgan fingerprint density at radius 3 is 2.54 bits per heavy atom. The number of nitrogens with one attached hydrogen (secondary N) is 2. The molecule has 0 unspecified atom stereocenters. The SMILES string of the molecule is COc1ccc(CC(=O)NCC(=O)Nc2cccc3cccnc23)cc1OC. The Morgan fingerprint density at radius 2 is 1.75 bits per heavy atom. The van der Waals surface area contributed by atoms with Crippen LogP contribution in [0.5, 0.6) is 11.5 Å². The van der Waals surface area contributed by atoms with Crippen LogP contribution >= 0.6 is 0 Å². The van der Waals surface area contributed by atoms with E-state index >= 15 is 0 Å². The molecule has 7 nitrogen and oxygen atoms in total. The van der Waals surface area contributed by atoms with Crippen LogP contribution in [0.4, 0.5) is 5.69 Å². The van der Waals surface area contributed by atoms with Crippen molar-refractivity contribution in [1.82, 2.24) is 10.3 Å². The summed E-state index contributed by atoms with van der Waals surface area (Å²) in [6.07, 6.45) is 1.80. The smallest absolute Gasteiger partial charge is 0.243 e. The van der Waals surface area contributed by atoms with Crippen molar-refractivity contribution >= 4 is 28.4 Å². The zero-order valence-electron chi connectivity index (χ0n) is 15.7. The second kappa shape index (κ2) is 8.85. The molecule has 2 N–H and O–H groups in total. The molecule has 2 aromatic carbocycles. The first-order valence-electron chi connectivity index (χ1n) is 8.72. The van der Waals surface area contributed by atoms with E-state index in [1.807, 2.05) is 24.3 Å². The van der Waals surface area contributed by atoms with Crippen LogP contribution in [0.15, 0.2) is 54.7 Å². The van der Waals surface area contributed by atoms with E-state index in [0.29, 0.717) is 22.7 Å². The van der Waals surface area contributed by atoms with Gasteiger partial charge in [0.1, 0.15) is 0 Å². The van der Waals surface area contributed by atoms with Gasteiger partial charge in [-0.2, -0.15) is 0 Å². The Bertz CT molecular complexity index is 999. The number of carbonyl (C=O) groups excluding carboxylic acids is 2. The van der Waals surface area contributed by atoms with Crippen molar-refractivity contribution in [3.63, 3.8) is 0 Å². The van der Waals surface area contributed by atoms with Crippen molar-refractivity contribution in [2.45, 2.75) is 6.42 Å². The first kappa shape index (κ1) is 19.2. The van der Waals surface area contributed by atoms with Gasteiger partial charge in [-0.1, -0.05) is 24.3 Å². The lowest BCUT2D eigenvalue weighted by atomic mass is 10.1. The number of amides is 2. The van der Waals surface area contributed by atoms with Gasteiger partial charge in [-0.05, 0) is 29.8 Å². The predicted octanol–water partition coefficient (Wildman–Crippen LogP) is 2.55. The molecule has 0 atom stereocenters. The van der Waals surface area contributed by atoms with E-state index in [9.17, 15) is 9.59 Å². The zero-order valence-corrected chi connectivity index (χ0v) is 15.7. The van der Waals surface area contributed by atoms with E-state index < -0.39 is 0 Å². The molecule has 28 heavy (non-hydrogen) atoms. The van der Waals surface area contributed by atoms with Gasteiger partial charge in [-0.25, -0.2) is 0 Å². The zero-order chi connectivity index (χ0) is 19.9. The van der Waals surface area contributed by atoms with Gasteiger partial charge in [0.2, 0.25) is 11.8 Å². The summed E-state index contributed by atoms with van der Waals surface area (Å²) in [5.74, 6) is 0.556. The summed E-state index contributed by atoms with van der Waals surface area (Å²) in [5, 5.41) is 6.34. The minimum absolute atomic E-state index is 0.128. The first-order chi connectivity index (χ1) is 13.6. The maximum atomic E-state index is 12.2. The fourth-order valence-electron chi connectivity index (χ4n) is 2.82. The van der Waals surface area contributed by atoms with E-state index in [2.05, 4.69) is 15.6 Å².